The number of nitrogens with two attached hydrogens (primary N) is 1. The van der Waals surface area contributed by atoms with Crippen molar-refractivity contribution in [1.82, 2.24) is 5.32 Å². The molecule has 0 aliphatic heterocycles. The first kappa shape index (κ1) is 14.0. The minimum absolute atomic E-state index is 0.0280. The molecule has 0 radical (unpaired) electrons. The second-order valence-corrected chi connectivity index (χ2v) is 4.82. The van der Waals surface area contributed by atoms with Crippen LogP contribution in [-0.4, -0.2) is 22.5 Å². The zero-order valence-corrected chi connectivity index (χ0v) is 10.9. The van der Waals surface area contributed by atoms with Crippen LogP contribution in [0.15, 0.2) is 29.4 Å². The molecule has 0 bridgehead atoms. The molecule has 0 aliphatic rings. The zero-order valence-electron chi connectivity index (χ0n) is 10.9. The summed E-state index contributed by atoms with van der Waals surface area (Å²) < 4.78 is 0. The average molecular weight is 249 g/mol. The van der Waals surface area contributed by atoms with Gasteiger partial charge in [-0.1, -0.05) is 35.0 Å². The summed E-state index contributed by atoms with van der Waals surface area (Å²) in [6.45, 7) is 5.34. The average Bonchev–Trinajstić information content (AvgIpc) is 2.30. The lowest BCUT2D eigenvalue weighted by atomic mass is 10.0. The van der Waals surface area contributed by atoms with Gasteiger partial charge in [-0.15, -0.1) is 0 Å². The summed E-state index contributed by atoms with van der Waals surface area (Å²) in [5.41, 5.74) is 6.71. The van der Waals surface area contributed by atoms with Crippen LogP contribution in [0.2, 0.25) is 0 Å². The van der Waals surface area contributed by atoms with Gasteiger partial charge in [0, 0.05) is 0 Å². The monoisotopic (exact) mass is 249 g/mol. The molecule has 0 heterocycles. The van der Waals surface area contributed by atoms with Crippen molar-refractivity contribution in [3.05, 3.63) is 35.4 Å². The van der Waals surface area contributed by atoms with Crippen LogP contribution in [0.1, 0.15) is 25.0 Å². The highest BCUT2D eigenvalue weighted by molar-refractivity contribution is 5.93. The van der Waals surface area contributed by atoms with Gasteiger partial charge < -0.3 is 16.3 Å². The lowest BCUT2D eigenvalue weighted by molar-refractivity contribution is -0.121. The highest BCUT2D eigenvalue weighted by Crippen LogP contribution is 2.06. The Morgan fingerprint density at radius 2 is 1.94 bits per heavy atom. The Morgan fingerprint density at radius 1 is 1.39 bits per heavy atom. The Labute approximate surface area is 107 Å². The fourth-order valence-corrected chi connectivity index (χ4v) is 1.47. The summed E-state index contributed by atoms with van der Waals surface area (Å²) in [6.07, 6.45) is 0.266. The molecule has 1 rings (SSSR count). The number of rotatable bonds is 4. The van der Waals surface area contributed by atoms with Gasteiger partial charge in [-0.2, -0.15) is 0 Å². The van der Waals surface area contributed by atoms with Gasteiger partial charge >= 0.3 is 0 Å². The van der Waals surface area contributed by atoms with Crippen molar-refractivity contribution in [2.24, 2.45) is 10.9 Å². The Kier molecular flexibility index (Phi) is 4.31. The molecule has 98 valence electrons. The third kappa shape index (κ3) is 3.76. The van der Waals surface area contributed by atoms with Crippen LogP contribution in [0, 0.1) is 6.92 Å². The fraction of sp³-hybridized carbons (Fsp3) is 0.385. The lowest BCUT2D eigenvalue weighted by Gasteiger charge is -2.24. The summed E-state index contributed by atoms with van der Waals surface area (Å²) >= 11 is 0. The summed E-state index contributed by atoms with van der Waals surface area (Å²) in [7, 11) is 0. The molecule has 1 aromatic carbocycles. The van der Waals surface area contributed by atoms with Crippen LogP contribution < -0.4 is 11.1 Å². The summed E-state index contributed by atoms with van der Waals surface area (Å²) in [6, 6.07) is 7.73. The quantitative estimate of drug-likeness (QED) is 0.324. The first-order chi connectivity index (χ1) is 8.35. The van der Waals surface area contributed by atoms with E-state index >= 15 is 0 Å². The number of nitrogens with zero attached hydrogens (tertiary/aromatic N) is 1. The van der Waals surface area contributed by atoms with Gasteiger partial charge in [0.25, 0.3) is 0 Å². The fourth-order valence-electron chi connectivity index (χ4n) is 1.47. The normalized spacial score (nSPS) is 12.3. The molecule has 1 aromatic rings. The zero-order chi connectivity index (χ0) is 13.8. The van der Waals surface area contributed by atoms with Gasteiger partial charge in [-0.3, -0.25) is 4.79 Å². The second-order valence-electron chi connectivity index (χ2n) is 4.82. The predicted molar refractivity (Wildman–Crippen MR) is 70.5 cm³/mol. The minimum atomic E-state index is -0.865. The SMILES string of the molecule is Cc1ccc(CC(=O)NC(C)(C)/C(N)=N/O)cc1. The standard InChI is InChI=1S/C13H19N3O2/c1-9-4-6-10(7-5-9)8-11(17)15-13(2,3)12(14)16-18/h4-7,18H,8H2,1-3H3,(H2,14,16)(H,15,17). The van der Waals surface area contributed by atoms with E-state index in [0.29, 0.717) is 0 Å². The largest absolute Gasteiger partial charge is 0.409 e. The second kappa shape index (κ2) is 5.53. The first-order valence-electron chi connectivity index (χ1n) is 5.69. The van der Waals surface area contributed by atoms with E-state index in [1.165, 1.54) is 0 Å². The summed E-state index contributed by atoms with van der Waals surface area (Å²) in [5.74, 6) is -0.199. The van der Waals surface area contributed by atoms with E-state index in [0.717, 1.165) is 11.1 Å². The molecule has 0 fully saturated rings. The van der Waals surface area contributed by atoms with Crippen LogP contribution in [0.4, 0.5) is 0 Å². The van der Waals surface area contributed by atoms with Crippen molar-refractivity contribution in [2.75, 3.05) is 0 Å². The molecule has 5 nitrogen and oxygen atoms in total. The molecule has 5 heteroatoms. The highest BCUT2D eigenvalue weighted by Gasteiger charge is 2.25. The molecule has 4 N–H and O–H groups in total. The number of oxime groups is 1. The Hall–Kier alpha value is -2.04. The number of hydrogen-bond donors (Lipinski definition) is 3. The van der Waals surface area contributed by atoms with Crippen molar-refractivity contribution >= 4 is 11.7 Å². The Balaban J connectivity index is 2.65. The van der Waals surface area contributed by atoms with Crippen molar-refractivity contribution in [3.63, 3.8) is 0 Å². The van der Waals surface area contributed by atoms with E-state index in [4.69, 9.17) is 10.9 Å². The number of carbonyl (C=O) groups is 1. The Bertz CT molecular complexity index is 450. The number of hydrogen-bond acceptors (Lipinski definition) is 3. The van der Waals surface area contributed by atoms with E-state index in [1.807, 2.05) is 31.2 Å². The number of aryl methyl sites for hydroxylation is 1. The van der Waals surface area contributed by atoms with Gasteiger partial charge in [0.05, 0.1) is 12.0 Å². The molecule has 0 saturated heterocycles. The van der Waals surface area contributed by atoms with Gasteiger partial charge in [0.2, 0.25) is 5.91 Å². The smallest absolute Gasteiger partial charge is 0.225 e. The predicted octanol–water partition coefficient (Wildman–Crippen LogP) is 1.18. The topological polar surface area (TPSA) is 87.7 Å². The maximum atomic E-state index is 11.8. The molecular formula is C13H19N3O2. The van der Waals surface area contributed by atoms with Gasteiger partial charge in [0.15, 0.2) is 5.84 Å². The Morgan fingerprint density at radius 3 is 2.44 bits per heavy atom. The molecule has 0 aromatic heterocycles. The van der Waals surface area contributed by atoms with E-state index in [-0.39, 0.29) is 18.2 Å². The number of nitrogens with one attached hydrogen (secondary N) is 1. The maximum absolute atomic E-state index is 11.8. The van der Waals surface area contributed by atoms with Crippen molar-refractivity contribution in [3.8, 4) is 0 Å². The lowest BCUT2D eigenvalue weighted by Crippen LogP contribution is -2.53. The number of benzene rings is 1. The summed E-state index contributed by atoms with van der Waals surface area (Å²) in [5, 5.41) is 14.2. The van der Waals surface area contributed by atoms with Crippen molar-refractivity contribution in [2.45, 2.75) is 32.7 Å². The van der Waals surface area contributed by atoms with Gasteiger partial charge in [0.1, 0.15) is 0 Å². The number of amidine groups is 1. The van der Waals surface area contributed by atoms with Crippen LogP contribution in [0.5, 0.6) is 0 Å². The molecule has 0 unspecified atom stereocenters. The van der Waals surface area contributed by atoms with Crippen molar-refractivity contribution in [1.29, 1.82) is 0 Å². The molecule has 1 amide bonds. The first-order valence-corrected chi connectivity index (χ1v) is 5.69. The van der Waals surface area contributed by atoms with Crippen LogP contribution in [0.25, 0.3) is 0 Å². The van der Waals surface area contributed by atoms with Gasteiger partial charge in [-0.25, -0.2) is 0 Å². The van der Waals surface area contributed by atoms with E-state index in [9.17, 15) is 4.79 Å². The molecule has 0 spiro atoms. The molecule has 18 heavy (non-hydrogen) atoms. The van der Waals surface area contributed by atoms with Crippen LogP contribution in [-0.2, 0) is 11.2 Å². The molecule has 0 aliphatic carbocycles. The van der Waals surface area contributed by atoms with Crippen LogP contribution >= 0.6 is 0 Å². The third-order valence-corrected chi connectivity index (χ3v) is 2.69. The maximum Gasteiger partial charge on any atom is 0.225 e. The number of carbonyl (C=O) groups excluding carboxylic acids is 1. The van der Waals surface area contributed by atoms with Crippen LogP contribution in [0.3, 0.4) is 0 Å². The van der Waals surface area contributed by atoms with E-state index < -0.39 is 5.54 Å². The minimum Gasteiger partial charge on any atom is -0.409 e. The third-order valence-electron chi connectivity index (χ3n) is 2.69. The highest BCUT2D eigenvalue weighted by atomic mass is 16.4. The molecule has 0 saturated carbocycles. The van der Waals surface area contributed by atoms with E-state index in [2.05, 4.69) is 10.5 Å². The molecule has 0 atom stereocenters. The van der Waals surface area contributed by atoms with Gasteiger partial charge in [-0.05, 0) is 26.3 Å². The van der Waals surface area contributed by atoms with Crippen molar-refractivity contribution < 1.29 is 10.0 Å². The van der Waals surface area contributed by atoms with E-state index in [1.54, 1.807) is 13.8 Å². The summed E-state index contributed by atoms with van der Waals surface area (Å²) in [4.78, 5) is 11.8. The number of amides is 1. The molecular weight excluding hydrogens is 230 g/mol.